The van der Waals surface area contributed by atoms with Crippen LogP contribution < -0.4 is 0 Å². The number of piperidine rings is 2. The van der Waals surface area contributed by atoms with E-state index in [1.54, 1.807) is 0 Å². The first-order valence-electron chi connectivity index (χ1n) is 9.66. The Kier molecular flexibility index (Phi) is 4.52. The highest BCUT2D eigenvalue weighted by Crippen LogP contribution is 2.35. The average molecular weight is 345 g/mol. The topological polar surface area (TPSA) is 66.7 Å². The molecule has 1 aromatic rings. The summed E-state index contributed by atoms with van der Waals surface area (Å²) in [4.78, 5) is 29.3. The summed E-state index contributed by atoms with van der Waals surface area (Å²) in [5.74, 6) is 1.65. The summed E-state index contributed by atoms with van der Waals surface area (Å²) < 4.78 is 5.23. The minimum absolute atomic E-state index is 0.0388. The standard InChI is InChI=1S/C19H27N3O3/c1-13-12-16(20-25-13)17-4-2-3-9-22(17)19(24)15-7-10-21(11-8-15)18(23)14-5-6-14/h12,14-15,17H,2-11H2,1H3/t17-/m1/s1. The van der Waals surface area contributed by atoms with Crippen molar-refractivity contribution in [2.75, 3.05) is 19.6 Å². The lowest BCUT2D eigenvalue weighted by Gasteiger charge is -2.39. The highest BCUT2D eigenvalue weighted by Gasteiger charge is 2.38. The lowest BCUT2D eigenvalue weighted by Crippen LogP contribution is -2.47. The molecule has 3 aliphatic rings. The Morgan fingerprint density at radius 3 is 2.36 bits per heavy atom. The number of nitrogens with zero attached hydrogens (tertiary/aromatic N) is 3. The van der Waals surface area contributed by atoms with Crippen molar-refractivity contribution in [2.24, 2.45) is 11.8 Å². The van der Waals surface area contributed by atoms with Crippen molar-refractivity contribution >= 4 is 11.8 Å². The number of amides is 2. The molecule has 4 rings (SSSR count). The highest BCUT2D eigenvalue weighted by atomic mass is 16.5. The van der Waals surface area contributed by atoms with Crippen molar-refractivity contribution in [2.45, 2.75) is 57.9 Å². The molecule has 2 amide bonds. The third-order valence-corrected chi connectivity index (χ3v) is 5.86. The fourth-order valence-electron chi connectivity index (χ4n) is 4.22. The number of carbonyl (C=O) groups excluding carboxylic acids is 2. The normalized spacial score (nSPS) is 25.2. The molecular weight excluding hydrogens is 318 g/mol. The Labute approximate surface area is 148 Å². The van der Waals surface area contributed by atoms with Crippen LogP contribution in [0, 0.1) is 18.8 Å². The Morgan fingerprint density at radius 2 is 1.72 bits per heavy atom. The summed E-state index contributed by atoms with van der Waals surface area (Å²) in [5.41, 5.74) is 0.881. The molecule has 0 spiro atoms. The summed E-state index contributed by atoms with van der Waals surface area (Å²) >= 11 is 0. The molecule has 0 radical (unpaired) electrons. The average Bonchev–Trinajstić information content (AvgIpc) is 3.41. The zero-order chi connectivity index (χ0) is 17.4. The van der Waals surface area contributed by atoms with E-state index in [0.29, 0.717) is 5.91 Å². The first-order valence-corrected chi connectivity index (χ1v) is 9.66. The number of aryl methyl sites for hydroxylation is 1. The predicted molar refractivity (Wildman–Crippen MR) is 91.6 cm³/mol. The monoisotopic (exact) mass is 345 g/mol. The molecule has 136 valence electrons. The van der Waals surface area contributed by atoms with E-state index in [9.17, 15) is 9.59 Å². The number of likely N-dealkylation sites (tertiary alicyclic amines) is 2. The van der Waals surface area contributed by atoms with Gasteiger partial charge in [-0.15, -0.1) is 0 Å². The Hall–Kier alpha value is -1.85. The van der Waals surface area contributed by atoms with Crippen LogP contribution in [-0.2, 0) is 9.59 Å². The first kappa shape index (κ1) is 16.6. The van der Waals surface area contributed by atoms with Gasteiger partial charge in [0.25, 0.3) is 0 Å². The molecule has 1 aliphatic carbocycles. The maximum absolute atomic E-state index is 13.1. The molecule has 1 saturated carbocycles. The maximum Gasteiger partial charge on any atom is 0.226 e. The SMILES string of the molecule is Cc1cc([C@H]2CCCCN2C(=O)C2CCN(C(=O)C3CC3)CC2)no1. The maximum atomic E-state index is 13.1. The van der Waals surface area contributed by atoms with Gasteiger partial charge in [-0.05, 0) is 51.9 Å². The van der Waals surface area contributed by atoms with Gasteiger partial charge in [0.15, 0.2) is 0 Å². The van der Waals surface area contributed by atoms with Gasteiger partial charge in [-0.1, -0.05) is 5.16 Å². The molecule has 2 aliphatic heterocycles. The molecule has 1 aromatic heterocycles. The molecule has 2 saturated heterocycles. The molecule has 1 atom stereocenters. The zero-order valence-electron chi connectivity index (χ0n) is 14.9. The van der Waals surface area contributed by atoms with Gasteiger partial charge in [0, 0.05) is 37.5 Å². The summed E-state index contributed by atoms with van der Waals surface area (Å²) in [6.07, 6.45) is 6.80. The fourth-order valence-corrected chi connectivity index (χ4v) is 4.22. The van der Waals surface area contributed by atoms with Gasteiger partial charge in [-0.25, -0.2) is 0 Å². The fraction of sp³-hybridized carbons (Fsp3) is 0.737. The van der Waals surface area contributed by atoms with E-state index in [2.05, 4.69) is 5.16 Å². The van der Waals surface area contributed by atoms with Crippen LogP contribution in [0.15, 0.2) is 10.6 Å². The third-order valence-electron chi connectivity index (χ3n) is 5.86. The van der Waals surface area contributed by atoms with Crippen molar-refractivity contribution in [1.29, 1.82) is 0 Å². The number of rotatable bonds is 3. The van der Waals surface area contributed by atoms with Crippen molar-refractivity contribution < 1.29 is 14.1 Å². The second-order valence-electron chi connectivity index (χ2n) is 7.78. The van der Waals surface area contributed by atoms with Crippen molar-refractivity contribution in [3.63, 3.8) is 0 Å². The number of aromatic nitrogens is 1. The lowest BCUT2D eigenvalue weighted by atomic mass is 9.91. The van der Waals surface area contributed by atoms with Crippen LogP contribution in [0.2, 0.25) is 0 Å². The molecule has 0 N–H and O–H groups in total. The highest BCUT2D eigenvalue weighted by molar-refractivity contribution is 5.82. The van der Waals surface area contributed by atoms with E-state index in [4.69, 9.17) is 4.52 Å². The van der Waals surface area contributed by atoms with E-state index in [1.807, 2.05) is 22.8 Å². The van der Waals surface area contributed by atoms with Crippen LogP contribution in [0.1, 0.15) is 62.4 Å². The van der Waals surface area contributed by atoms with Crippen LogP contribution in [0.5, 0.6) is 0 Å². The molecule has 3 fully saturated rings. The van der Waals surface area contributed by atoms with Crippen LogP contribution in [0.25, 0.3) is 0 Å². The summed E-state index contributed by atoms with van der Waals surface area (Å²) in [7, 11) is 0. The minimum Gasteiger partial charge on any atom is -0.361 e. The Bertz CT molecular complexity index is 644. The van der Waals surface area contributed by atoms with Gasteiger partial charge >= 0.3 is 0 Å². The van der Waals surface area contributed by atoms with Crippen LogP contribution in [0.3, 0.4) is 0 Å². The van der Waals surface area contributed by atoms with E-state index in [0.717, 1.165) is 76.0 Å². The van der Waals surface area contributed by atoms with Crippen molar-refractivity contribution in [3.8, 4) is 0 Å². The van der Waals surface area contributed by atoms with E-state index >= 15 is 0 Å². The minimum atomic E-state index is 0.0388. The van der Waals surface area contributed by atoms with Crippen molar-refractivity contribution in [3.05, 3.63) is 17.5 Å². The van der Waals surface area contributed by atoms with Crippen molar-refractivity contribution in [1.82, 2.24) is 15.0 Å². The first-order chi connectivity index (χ1) is 12.1. The van der Waals surface area contributed by atoms with Gasteiger partial charge < -0.3 is 14.3 Å². The molecule has 0 bridgehead atoms. The molecule has 25 heavy (non-hydrogen) atoms. The number of hydrogen-bond donors (Lipinski definition) is 0. The third kappa shape index (κ3) is 3.44. The Balaban J connectivity index is 1.40. The summed E-state index contributed by atoms with van der Waals surface area (Å²) in [5, 5.41) is 4.16. The van der Waals surface area contributed by atoms with Gasteiger partial charge in [-0.3, -0.25) is 9.59 Å². The van der Waals surface area contributed by atoms with E-state index < -0.39 is 0 Å². The molecule has 3 heterocycles. The van der Waals surface area contributed by atoms with Gasteiger partial charge in [0.2, 0.25) is 11.8 Å². The number of carbonyl (C=O) groups is 2. The van der Waals surface area contributed by atoms with Gasteiger partial charge in [0.1, 0.15) is 11.5 Å². The zero-order valence-corrected chi connectivity index (χ0v) is 14.9. The van der Waals surface area contributed by atoms with E-state index in [1.165, 1.54) is 0 Å². The summed E-state index contributed by atoms with van der Waals surface area (Å²) in [6.45, 7) is 4.15. The molecular formula is C19H27N3O3. The molecule has 0 unspecified atom stereocenters. The van der Waals surface area contributed by atoms with E-state index in [-0.39, 0.29) is 23.8 Å². The molecule has 6 nitrogen and oxygen atoms in total. The summed E-state index contributed by atoms with van der Waals surface area (Å²) in [6, 6.07) is 2.00. The number of hydrogen-bond acceptors (Lipinski definition) is 4. The van der Waals surface area contributed by atoms with Gasteiger partial charge in [0.05, 0.1) is 6.04 Å². The molecule has 0 aromatic carbocycles. The lowest BCUT2D eigenvalue weighted by molar-refractivity contribution is -0.144. The predicted octanol–water partition coefficient (Wildman–Crippen LogP) is 2.69. The molecule has 6 heteroatoms. The van der Waals surface area contributed by atoms with Crippen LogP contribution in [0.4, 0.5) is 0 Å². The second-order valence-corrected chi connectivity index (χ2v) is 7.78. The van der Waals surface area contributed by atoms with Crippen LogP contribution in [-0.4, -0.2) is 46.4 Å². The van der Waals surface area contributed by atoms with Crippen LogP contribution >= 0.6 is 0 Å². The Morgan fingerprint density at radius 1 is 1.00 bits per heavy atom. The quantitative estimate of drug-likeness (QED) is 0.845. The second kappa shape index (κ2) is 6.81. The van der Waals surface area contributed by atoms with Gasteiger partial charge in [-0.2, -0.15) is 0 Å². The largest absolute Gasteiger partial charge is 0.361 e. The smallest absolute Gasteiger partial charge is 0.226 e.